The summed E-state index contributed by atoms with van der Waals surface area (Å²) in [6.45, 7) is 4.40. The molecule has 1 aliphatic rings. The zero-order valence-electron chi connectivity index (χ0n) is 14.0. The van der Waals surface area contributed by atoms with E-state index >= 15 is 0 Å². The zero-order valence-corrected chi connectivity index (χ0v) is 14.7. The lowest BCUT2D eigenvalue weighted by Crippen LogP contribution is -2.33. The predicted octanol–water partition coefficient (Wildman–Crippen LogP) is 4.76. The van der Waals surface area contributed by atoms with Gasteiger partial charge in [-0.15, -0.1) is 0 Å². The molecule has 1 amide bonds. The molecule has 1 N–H and O–H groups in total. The molecule has 126 valence electrons. The van der Waals surface area contributed by atoms with Gasteiger partial charge in [0.15, 0.2) is 0 Å². The molecule has 0 saturated carbocycles. The number of amides is 1. The zero-order chi connectivity index (χ0) is 16.9. The Kier molecular flexibility index (Phi) is 5.41. The predicted molar refractivity (Wildman–Crippen MR) is 101 cm³/mol. The summed E-state index contributed by atoms with van der Waals surface area (Å²) in [5.74, 6) is 0.781. The molecule has 3 rings (SSSR count). The Bertz CT molecular complexity index is 691. The molecule has 4 heteroatoms. The van der Waals surface area contributed by atoms with Crippen LogP contribution in [-0.2, 0) is 11.2 Å². The monoisotopic (exact) mass is 342 g/mol. The molecule has 24 heavy (non-hydrogen) atoms. The second-order valence-corrected chi connectivity index (χ2v) is 6.97. The van der Waals surface area contributed by atoms with Gasteiger partial charge in [-0.2, -0.15) is 0 Å². The standard InChI is InChI=1S/C20H23ClN2O/c1-15-10-12-23(13-11-15)19-5-3-2-4-18(19)22-20(24)14-16-6-8-17(21)9-7-16/h2-9,15H,10-14H2,1H3,(H,22,24). The Labute approximate surface area is 148 Å². The van der Waals surface area contributed by atoms with Crippen LogP contribution in [0.5, 0.6) is 0 Å². The molecule has 0 atom stereocenters. The van der Waals surface area contributed by atoms with Crippen LogP contribution in [-0.4, -0.2) is 19.0 Å². The topological polar surface area (TPSA) is 32.3 Å². The van der Waals surface area contributed by atoms with Gasteiger partial charge in [-0.05, 0) is 48.6 Å². The normalized spacial score (nSPS) is 15.3. The van der Waals surface area contributed by atoms with E-state index in [2.05, 4.69) is 23.2 Å². The van der Waals surface area contributed by atoms with Gasteiger partial charge >= 0.3 is 0 Å². The summed E-state index contributed by atoms with van der Waals surface area (Å²) in [6.07, 6.45) is 2.75. The average Bonchev–Trinajstić information content (AvgIpc) is 2.58. The lowest BCUT2D eigenvalue weighted by molar-refractivity contribution is -0.115. The van der Waals surface area contributed by atoms with Gasteiger partial charge < -0.3 is 10.2 Å². The van der Waals surface area contributed by atoms with E-state index in [4.69, 9.17) is 11.6 Å². The Morgan fingerprint density at radius 3 is 2.50 bits per heavy atom. The number of halogens is 1. The minimum atomic E-state index is -0.00449. The molecule has 0 spiro atoms. The lowest BCUT2D eigenvalue weighted by Gasteiger charge is -2.33. The van der Waals surface area contributed by atoms with Gasteiger partial charge in [0.25, 0.3) is 0 Å². The van der Waals surface area contributed by atoms with Crippen LogP contribution in [0, 0.1) is 5.92 Å². The average molecular weight is 343 g/mol. The summed E-state index contributed by atoms with van der Waals surface area (Å²) >= 11 is 5.89. The Morgan fingerprint density at radius 2 is 1.79 bits per heavy atom. The Balaban J connectivity index is 1.68. The number of hydrogen-bond donors (Lipinski definition) is 1. The fourth-order valence-corrected chi connectivity index (χ4v) is 3.21. The molecular formula is C20H23ClN2O. The maximum absolute atomic E-state index is 12.4. The first-order valence-corrected chi connectivity index (χ1v) is 8.88. The summed E-state index contributed by atoms with van der Waals surface area (Å²) in [7, 11) is 0. The van der Waals surface area contributed by atoms with Crippen molar-refractivity contribution in [1.82, 2.24) is 0 Å². The first-order chi connectivity index (χ1) is 11.6. The van der Waals surface area contributed by atoms with Crippen molar-refractivity contribution in [3.8, 4) is 0 Å². The molecule has 2 aromatic carbocycles. The molecular weight excluding hydrogens is 320 g/mol. The van der Waals surface area contributed by atoms with Crippen LogP contribution in [0.2, 0.25) is 5.02 Å². The van der Waals surface area contributed by atoms with Gasteiger partial charge in [0.2, 0.25) is 5.91 Å². The van der Waals surface area contributed by atoms with E-state index in [0.717, 1.165) is 35.9 Å². The van der Waals surface area contributed by atoms with E-state index in [9.17, 15) is 4.79 Å². The highest BCUT2D eigenvalue weighted by atomic mass is 35.5. The van der Waals surface area contributed by atoms with E-state index < -0.39 is 0 Å². The molecule has 3 nitrogen and oxygen atoms in total. The van der Waals surface area contributed by atoms with Gasteiger partial charge in [0.1, 0.15) is 0 Å². The highest BCUT2D eigenvalue weighted by molar-refractivity contribution is 6.30. The Hall–Kier alpha value is -2.00. The first kappa shape index (κ1) is 16.8. The molecule has 1 fully saturated rings. The fourth-order valence-electron chi connectivity index (χ4n) is 3.09. The van der Waals surface area contributed by atoms with Crippen molar-refractivity contribution in [1.29, 1.82) is 0 Å². The van der Waals surface area contributed by atoms with Crippen molar-refractivity contribution in [3.63, 3.8) is 0 Å². The summed E-state index contributed by atoms with van der Waals surface area (Å²) in [5, 5.41) is 3.75. The number of rotatable bonds is 4. The van der Waals surface area contributed by atoms with Crippen molar-refractivity contribution < 1.29 is 4.79 Å². The van der Waals surface area contributed by atoms with Gasteiger partial charge in [0, 0.05) is 18.1 Å². The number of nitrogens with one attached hydrogen (secondary N) is 1. The molecule has 2 aromatic rings. The van der Waals surface area contributed by atoms with Crippen molar-refractivity contribution in [2.75, 3.05) is 23.3 Å². The molecule has 0 aromatic heterocycles. The molecule has 0 radical (unpaired) electrons. The highest BCUT2D eigenvalue weighted by Gasteiger charge is 2.18. The van der Waals surface area contributed by atoms with Gasteiger partial charge in [-0.25, -0.2) is 0 Å². The van der Waals surface area contributed by atoms with Crippen molar-refractivity contribution >= 4 is 28.9 Å². The minimum absolute atomic E-state index is 0.00449. The molecule has 0 aliphatic carbocycles. The third-order valence-corrected chi connectivity index (χ3v) is 4.83. The van der Waals surface area contributed by atoms with Crippen molar-refractivity contribution in [2.24, 2.45) is 5.92 Å². The number of nitrogens with zero attached hydrogens (tertiary/aromatic N) is 1. The maximum Gasteiger partial charge on any atom is 0.228 e. The van der Waals surface area contributed by atoms with E-state index in [-0.39, 0.29) is 5.91 Å². The van der Waals surface area contributed by atoms with Gasteiger partial charge in [0.05, 0.1) is 17.8 Å². The second kappa shape index (κ2) is 7.71. The van der Waals surface area contributed by atoms with Crippen LogP contribution < -0.4 is 10.2 Å². The summed E-state index contributed by atoms with van der Waals surface area (Å²) in [4.78, 5) is 14.8. The third-order valence-electron chi connectivity index (χ3n) is 4.58. The number of para-hydroxylation sites is 2. The van der Waals surface area contributed by atoms with Crippen molar-refractivity contribution in [3.05, 3.63) is 59.1 Å². The summed E-state index contributed by atoms with van der Waals surface area (Å²) in [6, 6.07) is 15.5. The first-order valence-electron chi connectivity index (χ1n) is 8.50. The van der Waals surface area contributed by atoms with Crippen LogP contribution in [0.15, 0.2) is 48.5 Å². The number of carbonyl (C=O) groups excluding carboxylic acids is 1. The van der Waals surface area contributed by atoms with E-state index in [1.165, 1.54) is 12.8 Å². The van der Waals surface area contributed by atoms with Gasteiger partial charge in [-0.3, -0.25) is 4.79 Å². The van der Waals surface area contributed by atoms with E-state index in [1.807, 2.05) is 42.5 Å². The molecule has 1 aliphatic heterocycles. The molecule has 0 unspecified atom stereocenters. The van der Waals surface area contributed by atoms with Crippen LogP contribution in [0.25, 0.3) is 0 Å². The van der Waals surface area contributed by atoms with Crippen LogP contribution in [0.4, 0.5) is 11.4 Å². The second-order valence-electron chi connectivity index (χ2n) is 6.54. The fraction of sp³-hybridized carbons (Fsp3) is 0.350. The maximum atomic E-state index is 12.4. The van der Waals surface area contributed by atoms with Crippen LogP contribution in [0.3, 0.4) is 0 Å². The number of carbonyl (C=O) groups is 1. The lowest BCUT2D eigenvalue weighted by atomic mass is 9.98. The smallest absolute Gasteiger partial charge is 0.228 e. The van der Waals surface area contributed by atoms with Gasteiger partial charge in [-0.1, -0.05) is 42.8 Å². The van der Waals surface area contributed by atoms with Crippen LogP contribution >= 0.6 is 11.6 Å². The summed E-state index contributed by atoms with van der Waals surface area (Å²) in [5.41, 5.74) is 2.97. The largest absolute Gasteiger partial charge is 0.370 e. The van der Waals surface area contributed by atoms with Crippen LogP contribution in [0.1, 0.15) is 25.3 Å². The highest BCUT2D eigenvalue weighted by Crippen LogP contribution is 2.29. The number of piperidine rings is 1. The van der Waals surface area contributed by atoms with Crippen molar-refractivity contribution in [2.45, 2.75) is 26.2 Å². The number of anilines is 2. The van der Waals surface area contributed by atoms with E-state index in [1.54, 1.807) is 0 Å². The minimum Gasteiger partial charge on any atom is -0.370 e. The molecule has 0 bridgehead atoms. The molecule has 1 heterocycles. The number of benzene rings is 2. The van der Waals surface area contributed by atoms with E-state index in [0.29, 0.717) is 11.4 Å². The number of hydrogen-bond acceptors (Lipinski definition) is 2. The SMILES string of the molecule is CC1CCN(c2ccccc2NC(=O)Cc2ccc(Cl)cc2)CC1. The summed E-state index contributed by atoms with van der Waals surface area (Å²) < 4.78 is 0. The molecule has 1 saturated heterocycles. The Morgan fingerprint density at radius 1 is 1.12 bits per heavy atom. The third kappa shape index (κ3) is 4.30. The quantitative estimate of drug-likeness (QED) is 0.869.